The number of nitrogens with zero attached hydrogens (tertiary/aromatic N) is 1. The molecule has 1 saturated heterocycles. The van der Waals surface area contributed by atoms with Gasteiger partial charge in [0.1, 0.15) is 0 Å². The van der Waals surface area contributed by atoms with Crippen LogP contribution in [-0.2, 0) is 19.6 Å². The van der Waals surface area contributed by atoms with Gasteiger partial charge in [-0.25, -0.2) is 8.42 Å². The Kier molecular flexibility index (Phi) is 5.52. The van der Waals surface area contributed by atoms with E-state index >= 15 is 0 Å². The van der Waals surface area contributed by atoms with Gasteiger partial charge in [0.05, 0.1) is 18.0 Å². The van der Waals surface area contributed by atoms with Crippen LogP contribution in [0.1, 0.15) is 46.0 Å². The Labute approximate surface area is 145 Å². The lowest BCUT2D eigenvalue weighted by Crippen LogP contribution is -2.49. The maximum absolute atomic E-state index is 12.4. The lowest BCUT2D eigenvalue weighted by atomic mass is 9.86. The zero-order valence-corrected chi connectivity index (χ0v) is 15.6. The van der Waals surface area contributed by atoms with Crippen LogP contribution in [0.15, 0.2) is 0 Å². The van der Waals surface area contributed by atoms with Gasteiger partial charge < -0.3 is 10.1 Å². The second-order valence-corrected chi connectivity index (χ2v) is 9.97. The van der Waals surface area contributed by atoms with Crippen molar-refractivity contribution in [3.8, 4) is 0 Å². The van der Waals surface area contributed by atoms with Gasteiger partial charge in [-0.3, -0.25) is 4.79 Å². The number of hydrogen-bond donors (Lipinski definition) is 1. The molecule has 24 heavy (non-hydrogen) atoms. The zero-order valence-electron chi connectivity index (χ0n) is 14.7. The smallest absolute Gasteiger partial charge is 0.220 e. The van der Waals surface area contributed by atoms with Gasteiger partial charge in [-0.05, 0) is 50.9 Å². The third-order valence-electron chi connectivity index (χ3n) is 5.79. The summed E-state index contributed by atoms with van der Waals surface area (Å²) in [6.45, 7) is 4.75. The van der Waals surface area contributed by atoms with E-state index in [2.05, 4.69) is 5.32 Å². The number of nitrogens with one attached hydrogen (secondary N) is 1. The lowest BCUT2D eigenvalue weighted by molar-refractivity contribution is -0.122. The maximum Gasteiger partial charge on any atom is 0.220 e. The minimum Gasteiger partial charge on any atom is -0.373 e. The number of morpholine rings is 1. The summed E-state index contributed by atoms with van der Waals surface area (Å²) >= 11 is 0. The third kappa shape index (κ3) is 4.29. The molecule has 1 amide bonds. The number of rotatable bonds is 6. The minimum absolute atomic E-state index is 0.00598. The highest BCUT2D eigenvalue weighted by molar-refractivity contribution is 7.89. The van der Waals surface area contributed by atoms with Crippen molar-refractivity contribution in [3.63, 3.8) is 0 Å². The molecule has 138 valence electrons. The number of carbonyl (C=O) groups is 1. The molecule has 1 heterocycles. The molecule has 5 atom stereocenters. The molecule has 0 unspecified atom stereocenters. The van der Waals surface area contributed by atoms with Crippen molar-refractivity contribution in [2.24, 2.45) is 17.8 Å². The van der Waals surface area contributed by atoms with Crippen LogP contribution in [-0.4, -0.2) is 56.2 Å². The van der Waals surface area contributed by atoms with Crippen LogP contribution < -0.4 is 5.32 Å². The van der Waals surface area contributed by atoms with Crippen LogP contribution in [0.5, 0.6) is 0 Å². The van der Waals surface area contributed by atoms with Gasteiger partial charge in [0, 0.05) is 26.1 Å². The van der Waals surface area contributed by atoms with E-state index in [0.29, 0.717) is 25.4 Å². The monoisotopic (exact) mass is 358 g/mol. The molecular weight excluding hydrogens is 328 g/mol. The van der Waals surface area contributed by atoms with Gasteiger partial charge in [0.25, 0.3) is 0 Å². The van der Waals surface area contributed by atoms with Crippen LogP contribution in [0, 0.1) is 17.8 Å². The summed E-state index contributed by atoms with van der Waals surface area (Å²) in [5.41, 5.74) is 0. The third-order valence-corrected chi connectivity index (χ3v) is 7.60. The molecule has 7 heteroatoms. The van der Waals surface area contributed by atoms with Crippen molar-refractivity contribution in [2.45, 2.75) is 58.2 Å². The SMILES string of the molecule is C[C@@H]1CN(S(=O)(=O)CCNC(=O)C[C@H]2C[C@H]3CC[C@H]2C3)C[C@@H](C)O1. The Morgan fingerprint density at radius 1 is 1.17 bits per heavy atom. The molecule has 1 aliphatic heterocycles. The highest BCUT2D eigenvalue weighted by atomic mass is 32.2. The molecule has 2 saturated carbocycles. The summed E-state index contributed by atoms with van der Waals surface area (Å²) in [6, 6.07) is 0. The average molecular weight is 359 g/mol. The lowest BCUT2D eigenvalue weighted by Gasteiger charge is -2.34. The topological polar surface area (TPSA) is 75.7 Å². The minimum atomic E-state index is -3.34. The number of carbonyl (C=O) groups excluding carboxylic acids is 1. The summed E-state index contributed by atoms with van der Waals surface area (Å²) in [5, 5.41) is 2.81. The fourth-order valence-electron chi connectivity index (χ4n) is 4.74. The van der Waals surface area contributed by atoms with E-state index in [1.807, 2.05) is 13.8 Å². The van der Waals surface area contributed by atoms with Gasteiger partial charge in [0.15, 0.2) is 0 Å². The molecule has 2 bridgehead atoms. The molecule has 3 rings (SSSR count). The fourth-order valence-corrected chi connectivity index (χ4v) is 6.24. The van der Waals surface area contributed by atoms with Crippen molar-refractivity contribution < 1.29 is 17.9 Å². The van der Waals surface area contributed by atoms with Gasteiger partial charge in [-0.15, -0.1) is 0 Å². The molecule has 0 spiro atoms. The van der Waals surface area contributed by atoms with Gasteiger partial charge in [-0.2, -0.15) is 4.31 Å². The van der Waals surface area contributed by atoms with E-state index in [4.69, 9.17) is 4.74 Å². The normalized spacial score (nSPS) is 36.8. The largest absolute Gasteiger partial charge is 0.373 e. The predicted molar refractivity (Wildman–Crippen MR) is 91.9 cm³/mol. The highest BCUT2D eigenvalue weighted by Gasteiger charge is 2.40. The van der Waals surface area contributed by atoms with Crippen molar-refractivity contribution in [1.82, 2.24) is 9.62 Å². The molecule has 0 radical (unpaired) electrons. The summed E-state index contributed by atoms with van der Waals surface area (Å²) in [5.74, 6) is 2.04. The standard InChI is InChI=1S/C17H30N2O4S/c1-12-10-19(11-13(2)23-12)24(21,22)6-5-18-17(20)9-16-8-14-3-4-15(16)7-14/h12-16H,3-11H2,1-2H3,(H,18,20)/t12-,13-,14+,15+,16-/m1/s1. The Balaban J connectivity index is 1.41. The molecule has 3 fully saturated rings. The second kappa shape index (κ2) is 7.30. The highest BCUT2D eigenvalue weighted by Crippen LogP contribution is 2.49. The number of sulfonamides is 1. The summed E-state index contributed by atoms with van der Waals surface area (Å²) < 4.78 is 31.9. The summed E-state index contributed by atoms with van der Waals surface area (Å²) in [6.07, 6.45) is 5.46. The van der Waals surface area contributed by atoms with Crippen molar-refractivity contribution in [3.05, 3.63) is 0 Å². The first-order valence-corrected chi connectivity index (χ1v) is 10.8. The predicted octanol–water partition coefficient (Wildman–Crippen LogP) is 1.37. The molecule has 3 aliphatic rings. The van der Waals surface area contributed by atoms with Crippen LogP contribution in [0.4, 0.5) is 0 Å². The van der Waals surface area contributed by atoms with Gasteiger partial charge in [0.2, 0.25) is 15.9 Å². The molecule has 0 aromatic rings. The number of ether oxygens (including phenoxy) is 1. The van der Waals surface area contributed by atoms with Crippen LogP contribution in [0.2, 0.25) is 0 Å². The molecular formula is C17H30N2O4S. The Morgan fingerprint density at radius 3 is 2.46 bits per heavy atom. The van der Waals surface area contributed by atoms with E-state index in [1.54, 1.807) is 0 Å². The Morgan fingerprint density at radius 2 is 1.88 bits per heavy atom. The van der Waals surface area contributed by atoms with E-state index in [0.717, 1.165) is 11.8 Å². The summed E-state index contributed by atoms with van der Waals surface area (Å²) in [4.78, 5) is 12.1. The average Bonchev–Trinajstić information content (AvgIpc) is 3.08. The number of fused-ring (bicyclic) bond motifs is 2. The molecule has 1 N–H and O–H groups in total. The van der Waals surface area contributed by atoms with E-state index in [-0.39, 0.29) is 30.4 Å². The van der Waals surface area contributed by atoms with Crippen molar-refractivity contribution >= 4 is 15.9 Å². The fraction of sp³-hybridized carbons (Fsp3) is 0.941. The summed E-state index contributed by atoms with van der Waals surface area (Å²) in [7, 11) is -3.34. The first-order chi connectivity index (χ1) is 11.3. The molecule has 0 aromatic carbocycles. The first kappa shape index (κ1) is 18.1. The van der Waals surface area contributed by atoms with Crippen molar-refractivity contribution in [2.75, 3.05) is 25.4 Å². The second-order valence-electron chi connectivity index (χ2n) is 7.88. The number of amides is 1. The van der Waals surface area contributed by atoms with Gasteiger partial charge in [-0.1, -0.05) is 6.42 Å². The molecule has 2 aliphatic carbocycles. The van der Waals surface area contributed by atoms with Crippen LogP contribution in [0.3, 0.4) is 0 Å². The van der Waals surface area contributed by atoms with Crippen LogP contribution >= 0.6 is 0 Å². The Bertz CT molecular complexity index is 555. The molecule has 6 nitrogen and oxygen atoms in total. The Hall–Kier alpha value is -0.660. The maximum atomic E-state index is 12.4. The first-order valence-electron chi connectivity index (χ1n) is 9.23. The molecule has 0 aromatic heterocycles. The number of hydrogen-bond acceptors (Lipinski definition) is 4. The van der Waals surface area contributed by atoms with Gasteiger partial charge >= 0.3 is 0 Å². The van der Waals surface area contributed by atoms with E-state index in [1.165, 1.54) is 30.0 Å². The van der Waals surface area contributed by atoms with Crippen LogP contribution in [0.25, 0.3) is 0 Å². The van der Waals surface area contributed by atoms with E-state index in [9.17, 15) is 13.2 Å². The quantitative estimate of drug-likeness (QED) is 0.778. The zero-order chi connectivity index (χ0) is 17.3. The van der Waals surface area contributed by atoms with E-state index < -0.39 is 10.0 Å². The van der Waals surface area contributed by atoms with Crippen molar-refractivity contribution in [1.29, 1.82) is 0 Å².